The number of benzene rings is 1. The molecule has 3 rings (SSSR count). The number of aryl methyl sites for hydroxylation is 2. The molecule has 0 unspecified atom stereocenters. The Hall–Kier alpha value is -1.94. The highest BCUT2D eigenvalue weighted by Crippen LogP contribution is 2.24. The van der Waals surface area contributed by atoms with Crippen LogP contribution in [-0.2, 0) is 14.6 Å². The fourth-order valence-corrected chi connectivity index (χ4v) is 5.85. The molecule has 1 aliphatic heterocycles. The van der Waals surface area contributed by atoms with Gasteiger partial charge in [0.15, 0.2) is 9.84 Å². The number of hydrogen-bond donors (Lipinski definition) is 0. The van der Waals surface area contributed by atoms with Crippen molar-refractivity contribution in [1.29, 1.82) is 0 Å². The molecule has 10 heteroatoms. The van der Waals surface area contributed by atoms with Gasteiger partial charge in [-0.05, 0) is 54.3 Å². The average Bonchev–Trinajstić information content (AvgIpc) is 3.25. The van der Waals surface area contributed by atoms with Gasteiger partial charge < -0.3 is 4.90 Å². The summed E-state index contributed by atoms with van der Waals surface area (Å²) in [6.07, 6.45) is 1.30. The minimum Gasteiger partial charge on any atom is -0.338 e. The molecule has 2 heterocycles. The normalized spacial score (nSPS) is 18.3. The van der Waals surface area contributed by atoms with Crippen molar-refractivity contribution in [3.8, 4) is 5.69 Å². The molecule has 1 aromatic carbocycles. The Morgan fingerprint density at radius 2 is 2.14 bits per heavy atom. The van der Waals surface area contributed by atoms with E-state index < -0.39 is 9.84 Å². The van der Waals surface area contributed by atoms with Crippen molar-refractivity contribution < 1.29 is 13.2 Å². The third-order valence-corrected chi connectivity index (χ3v) is 7.45. The topological polar surface area (TPSA) is 98.1 Å². The van der Waals surface area contributed by atoms with Crippen LogP contribution < -0.4 is 0 Å². The van der Waals surface area contributed by atoms with Crippen LogP contribution >= 0.6 is 11.8 Å². The summed E-state index contributed by atoms with van der Waals surface area (Å²) in [5, 5.41) is 12.4. The lowest BCUT2D eigenvalue weighted by Gasteiger charge is -2.27. The van der Waals surface area contributed by atoms with Gasteiger partial charge in [-0.2, -0.15) is 4.68 Å². The van der Waals surface area contributed by atoms with Crippen molar-refractivity contribution >= 4 is 27.5 Å². The molecule has 0 saturated carbocycles. The zero-order chi connectivity index (χ0) is 20.3. The first-order valence-corrected chi connectivity index (χ1v) is 12.1. The molecule has 28 heavy (non-hydrogen) atoms. The molecule has 8 nitrogen and oxygen atoms in total. The zero-order valence-electron chi connectivity index (χ0n) is 16.3. The maximum Gasteiger partial charge on any atom is 0.233 e. The zero-order valence-corrected chi connectivity index (χ0v) is 18.0. The SMILES string of the molecule is CCCN(C(=O)CSc1nnnn1-c1cc(C)ccc1C)[C@H]1CCS(=O)(=O)C1. The Kier molecular flexibility index (Phi) is 6.39. The summed E-state index contributed by atoms with van der Waals surface area (Å²) >= 11 is 1.27. The van der Waals surface area contributed by atoms with Crippen LogP contribution in [0, 0.1) is 13.8 Å². The molecule has 1 aliphatic rings. The molecular formula is C18H25N5O3S2. The number of aromatic nitrogens is 4. The van der Waals surface area contributed by atoms with Crippen LogP contribution in [0.25, 0.3) is 5.69 Å². The quantitative estimate of drug-likeness (QED) is 0.626. The Balaban J connectivity index is 1.72. The Bertz CT molecular complexity index is 958. The number of nitrogens with zero attached hydrogens (tertiary/aromatic N) is 5. The highest BCUT2D eigenvalue weighted by Gasteiger charge is 2.34. The highest BCUT2D eigenvalue weighted by molar-refractivity contribution is 7.99. The molecule has 0 aliphatic carbocycles. The van der Waals surface area contributed by atoms with Crippen LogP contribution in [0.1, 0.15) is 30.9 Å². The van der Waals surface area contributed by atoms with E-state index in [1.807, 2.05) is 39.0 Å². The van der Waals surface area contributed by atoms with Crippen molar-refractivity contribution in [3.63, 3.8) is 0 Å². The number of sulfone groups is 1. The van der Waals surface area contributed by atoms with Gasteiger partial charge in [0.05, 0.1) is 22.9 Å². The van der Waals surface area contributed by atoms with E-state index in [1.54, 1.807) is 9.58 Å². The molecule has 1 fully saturated rings. The predicted molar refractivity (Wildman–Crippen MR) is 108 cm³/mol. The number of amides is 1. The predicted octanol–water partition coefficient (Wildman–Crippen LogP) is 1.80. The number of carbonyl (C=O) groups is 1. The largest absolute Gasteiger partial charge is 0.338 e. The molecule has 152 valence electrons. The highest BCUT2D eigenvalue weighted by atomic mass is 32.2. The lowest BCUT2D eigenvalue weighted by atomic mass is 10.1. The Morgan fingerprint density at radius 1 is 1.36 bits per heavy atom. The van der Waals surface area contributed by atoms with E-state index in [0.717, 1.165) is 23.2 Å². The summed E-state index contributed by atoms with van der Waals surface area (Å²) in [5.41, 5.74) is 3.02. The summed E-state index contributed by atoms with van der Waals surface area (Å²) < 4.78 is 25.3. The van der Waals surface area contributed by atoms with Crippen molar-refractivity contribution in [2.24, 2.45) is 0 Å². The van der Waals surface area contributed by atoms with Crippen LogP contribution in [0.5, 0.6) is 0 Å². The van der Waals surface area contributed by atoms with Gasteiger partial charge in [0.2, 0.25) is 11.1 Å². The van der Waals surface area contributed by atoms with Crippen molar-refractivity contribution in [2.45, 2.75) is 44.8 Å². The van der Waals surface area contributed by atoms with Crippen LogP contribution in [0.15, 0.2) is 23.4 Å². The summed E-state index contributed by atoms with van der Waals surface area (Å²) in [4.78, 5) is 14.5. The minimum absolute atomic E-state index is 0.0592. The molecule has 1 atom stereocenters. The van der Waals surface area contributed by atoms with Crippen LogP contribution in [0.4, 0.5) is 0 Å². The smallest absolute Gasteiger partial charge is 0.233 e. The molecular weight excluding hydrogens is 398 g/mol. The van der Waals surface area contributed by atoms with Crippen molar-refractivity contribution in [1.82, 2.24) is 25.1 Å². The van der Waals surface area contributed by atoms with E-state index >= 15 is 0 Å². The van der Waals surface area contributed by atoms with E-state index in [2.05, 4.69) is 15.5 Å². The first-order valence-electron chi connectivity index (χ1n) is 9.29. The van der Waals surface area contributed by atoms with Gasteiger partial charge in [-0.1, -0.05) is 30.8 Å². The Morgan fingerprint density at radius 3 is 2.82 bits per heavy atom. The molecule has 1 saturated heterocycles. The van der Waals surface area contributed by atoms with Crippen molar-refractivity contribution in [2.75, 3.05) is 23.8 Å². The lowest BCUT2D eigenvalue weighted by Crippen LogP contribution is -2.42. The van der Waals surface area contributed by atoms with Crippen molar-refractivity contribution in [3.05, 3.63) is 29.3 Å². The fraction of sp³-hybridized carbons (Fsp3) is 0.556. The second kappa shape index (κ2) is 8.60. The summed E-state index contributed by atoms with van der Waals surface area (Å²) in [7, 11) is -3.04. The first kappa shape index (κ1) is 20.8. The van der Waals surface area contributed by atoms with Gasteiger partial charge in [0.25, 0.3) is 0 Å². The molecule has 0 bridgehead atoms. The summed E-state index contributed by atoms with van der Waals surface area (Å²) in [5.74, 6) is 0.304. The number of rotatable bonds is 7. The van der Waals surface area contributed by atoms with Gasteiger partial charge in [-0.25, -0.2) is 8.42 Å². The monoisotopic (exact) mass is 423 g/mol. The number of tetrazole rings is 1. The van der Waals surface area contributed by atoms with Crippen LogP contribution in [0.3, 0.4) is 0 Å². The average molecular weight is 424 g/mol. The van der Waals surface area contributed by atoms with Crippen LogP contribution in [-0.4, -0.2) is 69.3 Å². The first-order chi connectivity index (χ1) is 13.3. The van der Waals surface area contributed by atoms with Gasteiger partial charge in [-0.3, -0.25) is 4.79 Å². The third kappa shape index (κ3) is 4.72. The number of thioether (sulfide) groups is 1. The van der Waals surface area contributed by atoms with E-state index in [-0.39, 0.29) is 29.2 Å². The minimum atomic E-state index is -3.04. The second-order valence-corrected chi connectivity index (χ2v) is 10.3. The van der Waals surface area contributed by atoms with E-state index in [4.69, 9.17) is 0 Å². The molecule has 0 N–H and O–H groups in total. The molecule has 1 aromatic heterocycles. The lowest BCUT2D eigenvalue weighted by molar-refractivity contribution is -0.130. The molecule has 1 amide bonds. The van der Waals surface area contributed by atoms with Gasteiger partial charge >= 0.3 is 0 Å². The van der Waals surface area contributed by atoms with Crippen LogP contribution in [0.2, 0.25) is 0 Å². The molecule has 0 spiro atoms. The summed E-state index contributed by atoms with van der Waals surface area (Å²) in [6, 6.07) is 5.81. The maximum atomic E-state index is 12.8. The van der Waals surface area contributed by atoms with Gasteiger partial charge in [0.1, 0.15) is 0 Å². The summed E-state index contributed by atoms with van der Waals surface area (Å²) in [6.45, 7) is 6.53. The van der Waals surface area contributed by atoms with E-state index in [9.17, 15) is 13.2 Å². The molecule has 0 radical (unpaired) electrons. The fourth-order valence-electron chi connectivity index (χ4n) is 3.35. The van der Waals surface area contributed by atoms with Gasteiger partial charge in [-0.15, -0.1) is 5.10 Å². The number of carbonyl (C=O) groups excluding carboxylic acids is 1. The molecule has 2 aromatic rings. The van der Waals surface area contributed by atoms with E-state index in [1.165, 1.54) is 11.8 Å². The number of hydrogen-bond acceptors (Lipinski definition) is 7. The Labute approximate surface area is 169 Å². The van der Waals surface area contributed by atoms with E-state index in [0.29, 0.717) is 18.1 Å². The van der Waals surface area contributed by atoms with Gasteiger partial charge in [0, 0.05) is 12.6 Å². The second-order valence-electron chi connectivity index (χ2n) is 7.10. The standard InChI is InChI=1S/C18H25N5O3S2/c1-4-8-22(15-7-9-28(25,26)12-15)17(24)11-27-18-19-20-21-23(18)16-10-13(2)5-6-14(16)3/h5-6,10,15H,4,7-9,11-12H2,1-3H3/t15-/m0/s1. The third-order valence-electron chi connectivity index (χ3n) is 4.79. The maximum absolute atomic E-state index is 12.8.